The van der Waals surface area contributed by atoms with Gasteiger partial charge in [0.2, 0.25) is 0 Å². The van der Waals surface area contributed by atoms with Crippen molar-refractivity contribution in [2.45, 2.75) is 33.0 Å². The molecule has 2 aromatic heterocycles. The number of aromatic nitrogens is 3. The predicted octanol–water partition coefficient (Wildman–Crippen LogP) is 1.17. The zero-order valence-corrected chi connectivity index (χ0v) is 13.6. The number of hydrogen-bond acceptors (Lipinski definition) is 6. The van der Waals surface area contributed by atoms with Gasteiger partial charge in [0, 0.05) is 37.5 Å². The Bertz CT molecular complexity index is 750. The molecule has 22 heavy (non-hydrogen) atoms. The molecule has 1 aliphatic heterocycles. The molecule has 1 saturated heterocycles. The molecule has 0 spiro atoms. The van der Waals surface area contributed by atoms with Crippen molar-refractivity contribution in [1.82, 2.24) is 19.8 Å². The quantitative estimate of drug-likeness (QED) is 0.840. The lowest BCUT2D eigenvalue weighted by molar-refractivity contribution is 0.200. The van der Waals surface area contributed by atoms with Crippen LogP contribution in [0.5, 0.6) is 0 Å². The average Bonchev–Trinajstić information content (AvgIpc) is 3.09. The zero-order valence-electron chi connectivity index (χ0n) is 12.8. The number of aryl methyl sites for hydroxylation is 2. The van der Waals surface area contributed by atoms with Gasteiger partial charge in [0.05, 0.1) is 29.4 Å². The Morgan fingerprint density at radius 1 is 1.45 bits per heavy atom. The fraction of sp³-hybridized carbons (Fsp3) is 0.571. The van der Waals surface area contributed by atoms with E-state index < -0.39 is 9.84 Å². The summed E-state index contributed by atoms with van der Waals surface area (Å²) in [7, 11) is -3.02. The Hall–Kier alpha value is -1.67. The van der Waals surface area contributed by atoms with E-state index in [-0.39, 0.29) is 17.5 Å². The molecule has 0 aromatic carbocycles. The summed E-state index contributed by atoms with van der Waals surface area (Å²) in [4.78, 5) is 2.13. The molecule has 0 unspecified atom stereocenters. The molecule has 0 aliphatic carbocycles. The lowest BCUT2D eigenvalue weighted by atomic mass is 10.1. The third-order valence-electron chi connectivity index (χ3n) is 3.95. The molecule has 0 bridgehead atoms. The summed E-state index contributed by atoms with van der Waals surface area (Å²) < 4.78 is 31.0. The van der Waals surface area contributed by atoms with Crippen molar-refractivity contribution in [1.29, 1.82) is 0 Å². The minimum absolute atomic E-state index is 0.124. The maximum Gasteiger partial charge on any atom is 0.153 e. The lowest BCUT2D eigenvalue weighted by Crippen LogP contribution is -2.42. The van der Waals surface area contributed by atoms with Gasteiger partial charge in [0.1, 0.15) is 5.76 Å². The van der Waals surface area contributed by atoms with E-state index in [0.29, 0.717) is 13.1 Å². The van der Waals surface area contributed by atoms with Gasteiger partial charge in [-0.2, -0.15) is 5.10 Å². The van der Waals surface area contributed by atoms with Crippen molar-refractivity contribution in [3.8, 4) is 0 Å². The Morgan fingerprint density at radius 3 is 2.91 bits per heavy atom. The van der Waals surface area contributed by atoms with Crippen molar-refractivity contribution in [2.24, 2.45) is 0 Å². The normalized spacial score (nSPS) is 22.0. The van der Waals surface area contributed by atoms with E-state index in [1.807, 2.05) is 30.8 Å². The van der Waals surface area contributed by atoms with Gasteiger partial charge in [-0.15, -0.1) is 0 Å². The van der Waals surface area contributed by atoms with Gasteiger partial charge in [-0.1, -0.05) is 5.16 Å². The Kier molecular flexibility index (Phi) is 4.05. The standard InChI is InChI=1S/C14H20N4O3S/c1-3-18-8-12(7-15-18)14-10-22(19,20)5-4-17(14)9-13-6-11(2)21-16-13/h6-8,14H,3-5,9-10H2,1-2H3/t14-/m1/s1. The summed E-state index contributed by atoms with van der Waals surface area (Å²) in [5.41, 5.74) is 1.76. The van der Waals surface area contributed by atoms with Crippen LogP contribution in [0, 0.1) is 6.92 Å². The Labute approximate surface area is 129 Å². The molecule has 3 heterocycles. The third-order valence-corrected chi connectivity index (χ3v) is 5.57. The lowest BCUT2D eigenvalue weighted by Gasteiger charge is -2.34. The second kappa shape index (κ2) is 5.85. The number of nitrogens with zero attached hydrogens (tertiary/aromatic N) is 4. The molecule has 1 atom stereocenters. The van der Waals surface area contributed by atoms with E-state index in [4.69, 9.17) is 4.52 Å². The minimum atomic E-state index is -3.02. The summed E-state index contributed by atoms with van der Waals surface area (Å²) in [6.07, 6.45) is 3.68. The SMILES string of the molecule is CCn1cc([C@H]2CS(=O)(=O)CCN2Cc2cc(C)on2)cn1. The molecule has 7 nitrogen and oxygen atoms in total. The molecule has 3 rings (SSSR count). The Morgan fingerprint density at radius 2 is 2.27 bits per heavy atom. The first-order chi connectivity index (χ1) is 10.5. The molecule has 120 valence electrons. The van der Waals surface area contributed by atoms with Gasteiger partial charge in [-0.25, -0.2) is 8.42 Å². The molecule has 0 N–H and O–H groups in total. The number of hydrogen-bond donors (Lipinski definition) is 0. The number of sulfone groups is 1. The van der Waals surface area contributed by atoms with E-state index in [1.54, 1.807) is 6.20 Å². The van der Waals surface area contributed by atoms with Gasteiger partial charge >= 0.3 is 0 Å². The summed E-state index contributed by atoms with van der Waals surface area (Å²) in [5, 5.41) is 8.27. The van der Waals surface area contributed by atoms with E-state index in [1.165, 1.54) is 0 Å². The van der Waals surface area contributed by atoms with Crippen LogP contribution in [0.4, 0.5) is 0 Å². The van der Waals surface area contributed by atoms with E-state index >= 15 is 0 Å². The molecule has 1 fully saturated rings. The molecule has 0 amide bonds. The van der Waals surface area contributed by atoms with Crippen LogP contribution in [0.2, 0.25) is 0 Å². The van der Waals surface area contributed by atoms with Crippen LogP contribution in [-0.4, -0.2) is 46.3 Å². The average molecular weight is 324 g/mol. The maximum absolute atomic E-state index is 12.0. The van der Waals surface area contributed by atoms with Crippen molar-refractivity contribution < 1.29 is 12.9 Å². The van der Waals surface area contributed by atoms with Crippen molar-refractivity contribution in [3.05, 3.63) is 35.5 Å². The molecule has 8 heteroatoms. The minimum Gasteiger partial charge on any atom is -0.361 e. The second-order valence-corrected chi connectivity index (χ2v) is 7.89. The monoisotopic (exact) mass is 324 g/mol. The van der Waals surface area contributed by atoms with Crippen LogP contribution in [0.25, 0.3) is 0 Å². The smallest absolute Gasteiger partial charge is 0.153 e. The van der Waals surface area contributed by atoms with Crippen molar-refractivity contribution in [2.75, 3.05) is 18.1 Å². The second-order valence-electron chi connectivity index (χ2n) is 5.66. The van der Waals surface area contributed by atoms with Crippen molar-refractivity contribution in [3.63, 3.8) is 0 Å². The highest BCUT2D eigenvalue weighted by molar-refractivity contribution is 7.91. The third kappa shape index (κ3) is 3.22. The zero-order chi connectivity index (χ0) is 15.7. The van der Waals surface area contributed by atoms with Gasteiger partial charge in [0.25, 0.3) is 0 Å². The first-order valence-corrected chi connectivity index (χ1v) is 9.18. The fourth-order valence-corrected chi connectivity index (χ4v) is 4.33. The van der Waals surface area contributed by atoms with Crippen molar-refractivity contribution >= 4 is 9.84 Å². The first-order valence-electron chi connectivity index (χ1n) is 7.36. The summed E-state index contributed by atoms with van der Waals surface area (Å²) in [6, 6.07) is 1.70. The van der Waals surface area contributed by atoms with Crippen LogP contribution in [-0.2, 0) is 22.9 Å². The summed E-state index contributed by atoms with van der Waals surface area (Å²) in [5.74, 6) is 1.07. The molecule has 0 radical (unpaired) electrons. The Balaban J connectivity index is 1.85. The molecular weight excluding hydrogens is 304 g/mol. The van der Waals surface area contributed by atoms with E-state index in [0.717, 1.165) is 23.6 Å². The van der Waals surface area contributed by atoms with E-state index in [9.17, 15) is 8.42 Å². The molecule has 1 aliphatic rings. The highest BCUT2D eigenvalue weighted by Gasteiger charge is 2.33. The molecular formula is C14H20N4O3S. The van der Waals surface area contributed by atoms with Crippen LogP contribution in [0.15, 0.2) is 23.0 Å². The summed E-state index contributed by atoms with van der Waals surface area (Å²) >= 11 is 0. The first kappa shape index (κ1) is 15.2. The largest absolute Gasteiger partial charge is 0.361 e. The number of rotatable bonds is 4. The topological polar surface area (TPSA) is 81.2 Å². The van der Waals surface area contributed by atoms with Gasteiger partial charge in [-0.3, -0.25) is 9.58 Å². The van der Waals surface area contributed by atoms with Gasteiger partial charge < -0.3 is 4.52 Å². The predicted molar refractivity (Wildman–Crippen MR) is 80.9 cm³/mol. The van der Waals surface area contributed by atoms with Crippen LogP contribution >= 0.6 is 0 Å². The molecule has 0 saturated carbocycles. The van der Waals surface area contributed by atoms with Gasteiger partial charge in [0.15, 0.2) is 9.84 Å². The van der Waals surface area contributed by atoms with Gasteiger partial charge in [-0.05, 0) is 13.8 Å². The van der Waals surface area contributed by atoms with E-state index in [2.05, 4.69) is 15.2 Å². The fourth-order valence-electron chi connectivity index (χ4n) is 2.76. The molecule has 2 aromatic rings. The maximum atomic E-state index is 12.0. The van der Waals surface area contributed by atoms with Crippen LogP contribution in [0.1, 0.15) is 30.0 Å². The highest BCUT2D eigenvalue weighted by Crippen LogP contribution is 2.28. The van der Waals surface area contributed by atoms with Crippen LogP contribution < -0.4 is 0 Å². The highest BCUT2D eigenvalue weighted by atomic mass is 32.2. The summed E-state index contributed by atoms with van der Waals surface area (Å²) in [6.45, 7) is 5.69. The van der Waals surface area contributed by atoms with Crippen LogP contribution in [0.3, 0.4) is 0 Å².